The van der Waals surface area contributed by atoms with Crippen LogP contribution in [0.25, 0.3) is 0 Å². The summed E-state index contributed by atoms with van der Waals surface area (Å²) in [6.07, 6.45) is 3.60. The predicted molar refractivity (Wildman–Crippen MR) is 42.7 cm³/mol. The maximum atomic E-state index is 5.64. The van der Waals surface area contributed by atoms with E-state index >= 15 is 0 Å². The van der Waals surface area contributed by atoms with Crippen LogP contribution in [0.5, 0.6) is 0 Å². The molecule has 0 heterocycles. The van der Waals surface area contributed by atoms with Crippen molar-refractivity contribution in [1.82, 2.24) is 0 Å². The fraction of sp³-hybridized carbons (Fsp3) is 0.889. The van der Waals surface area contributed by atoms with Gasteiger partial charge in [0.25, 0.3) is 0 Å². The Morgan fingerprint density at radius 2 is 2.10 bits per heavy atom. The van der Waals surface area contributed by atoms with Crippen LogP contribution in [0.3, 0.4) is 0 Å². The molecule has 0 unspecified atom stereocenters. The zero-order valence-corrected chi connectivity index (χ0v) is 7.02. The van der Waals surface area contributed by atoms with Gasteiger partial charge in [-0.25, -0.2) is 0 Å². The summed E-state index contributed by atoms with van der Waals surface area (Å²) in [4.78, 5) is 0. The van der Waals surface area contributed by atoms with E-state index in [1.165, 1.54) is 12.8 Å². The van der Waals surface area contributed by atoms with E-state index in [-0.39, 0.29) is 5.60 Å². The molecular formula is C9H17O. The third-order valence-corrected chi connectivity index (χ3v) is 2.01. The monoisotopic (exact) mass is 141 g/mol. The van der Waals surface area contributed by atoms with Crippen LogP contribution in [0.15, 0.2) is 0 Å². The third-order valence-electron chi connectivity index (χ3n) is 2.01. The van der Waals surface area contributed by atoms with Gasteiger partial charge in [-0.2, -0.15) is 0 Å². The number of rotatable bonds is 4. The van der Waals surface area contributed by atoms with E-state index < -0.39 is 0 Å². The number of ether oxygens (including phenoxy) is 1. The van der Waals surface area contributed by atoms with E-state index in [2.05, 4.69) is 20.8 Å². The Kier molecular flexibility index (Phi) is 2.35. The largest absolute Gasteiger partial charge is 0.375 e. The molecule has 0 aliphatic heterocycles. The van der Waals surface area contributed by atoms with E-state index in [1.807, 2.05) is 0 Å². The van der Waals surface area contributed by atoms with Crippen molar-refractivity contribution >= 4 is 0 Å². The molecule has 0 aromatic rings. The van der Waals surface area contributed by atoms with Crippen molar-refractivity contribution in [3.8, 4) is 0 Å². The van der Waals surface area contributed by atoms with Gasteiger partial charge < -0.3 is 4.74 Å². The summed E-state index contributed by atoms with van der Waals surface area (Å²) in [6, 6.07) is 0. The zero-order valence-electron chi connectivity index (χ0n) is 7.02. The second kappa shape index (κ2) is 2.91. The molecule has 1 nitrogen and oxygen atoms in total. The molecule has 1 fully saturated rings. The molecule has 1 rings (SSSR count). The summed E-state index contributed by atoms with van der Waals surface area (Å²) in [5.41, 5.74) is 0.00257. The van der Waals surface area contributed by atoms with Gasteiger partial charge in [-0.3, -0.25) is 0 Å². The van der Waals surface area contributed by atoms with Gasteiger partial charge in [0, 0.05) is 0 Å². The third kappa shape index (κ3) is 2.70. The van der Waals surface area contributed by atoms with Gasteiger partial charge >= 0.3 is 0 Å². The highest BCUT2D eigenvalue weighted by Crippen LogP contribution is 2.30. The summed E-state index contributed by atoms with van der Waals surface area (Å²) in [5.74, 6) is 0.867. The molecule has 1 radical (unpaired) electrons. The van der Waals surface area contributed by atoms with Crippen molar-refractivity contribution in [2.75, 3.05) is 6.61 Å². The van der Waals surface area contributed by atoms with Gasteiger partial charge in [0.05, 0.1) is 12.2 Å². The average Bonchev–Trinajstić information content (AvgIpc) is 2.66. The second-order valence-corrected chi connectivity index (χ2v) is 3.76. The molecular weight excluding hydrogens is 124 g/mol. The minimum Gasteiger partial charge on any atom is -0.375 e. The van der Waals surface area contributed by atoms with Gasteiger partial charge in [-0.1, -0.05) is 6.92 Å². The van der Waals surface area contributed by atoms with Crippen molar-refractivity contribution in [3.63, 3.8) is 0 Å². The predicted octanol–water partition coefficient (Wildman–Crippen LogP) is 2.42. The summed E-state index contributed by atoms with van der Waals surface area (Å²) in [7, 11) is 0. The zero-order chi connectivity index (χ0) is 7.61. The van der Waals surface area contributed by atoms with Crippen LogP contribution in [-0.2, 0) is 4.74 Å². The molecule has 59 valence electrons. The average molecular weight is 141 g/mol. The van der Waals surface area contributed by atoms with E-state index in [9.17, 15) is 0 Å². The first-order valence-corrected chi connectivity index (χ1v) is 4.07. The van der Waals surface area contributed by atoms with Gasteiger partial charge in [-0.05, 0) is 39.0 Å². The molecule has 0 aromatic carbocycles. The molecule has 0 spiro atoms. The second-order valence-electron chi connectivity index (χ2n) is 3.76. The van der Waals surface area contributed by atoms with Crippen molar-refractivity contribution in [2.24, 2.45) is 5.92 Å². The summed E-state index contributed by atoms with van der Waals surface area (Å²) in [5, 5.41) is 0. The minimum atomic E-state index is 0.00257. The number of hydrogen-bond donors (Lipinski definition) is 0. The molecule has 0 atom stereocenters. The van der Waals surface area contributed by atoms with Crippen molar-refractivity contribution in [1.29, 1.82) is 0 Å². The topological polar surface area (TPSA) is 9.23 Å². The van der Waals surface area contributed by atoms with E-state index in [1.54, 1.807) is 0 Å². The van der Waals surface area contributed by atoms with E-state index in [0.717, 1.165) is 18.9 Å². The molecule has 1 aliphatic rings. The quantitative estimate of drug-likeness (QED) is 0.584. The molecule has 10 heavy (non-hydrogen) atoms. The maximum Gasteiger partial charge on any atom is 0.0626 e. The lowest BCUT2D eigenvalue weighted by Gasteiger charge is -2.23. The van der Waals surface area contributed by atoms with E-state index in [0.29, 0.717) is 0 Å². The van der Waals surface area contributed by atoms with Crippen molar-refractivity contribution in [3.05, 3.63) is 6.92 Å². The van der Waals surface area contributed by atoms with Crippen LogP contribution in [0.4, 0.5) is 0 Å². The molecule has 0 bridgehead atoms. The van der Waals surface area contributed by atoms with Crippen molar-refractivity contribution in [2.45, 2.75) is 38.7 Å². The lowest BCUT2D eigenvalue weighted by Crippen LogP contribution is -2.24. The fourth-order valence-corrected chi connectivity index (χ4v) is 0.700. The smallest absolute Gasteiger partial charge is 0.0626 e. The molecule has 1 saturated carbocycles. The van der Waals surface area contributed by atoms with Gasteiger partial charge in [0.1, 0.15) is 0 Å². The van der Waals surface area contributed by atoms with E-state index in [4.69, 9.17) is 4.74 Å². The van der Waals surface area contributed by atoms with Gasteiger partial charge in [0.15, 0.2) is 0 Å². The molecule has 1 heteroatoms. The minimum absolute atomic E-state index is 0.00257. The Morgan fingerprint density at radius 1 is 1.50 bits per heavy atom. The lowest BCUT2D eigenvalue weighted by atomic mass is 10.1. The van der Waals surface area contributed by atoms with Crippen LogP contribution in [0.2, 0.25) is 0 Å². The standard InChI is InChI=1S/C9H17O/c1-4-9(2,3)10-7-8-5-6-8/h8H,1,4-7H2,2-3H3. The highest BCUT2D eigenvalue weighted by molar-refractivity contribution is 4.76. The first-order valence-electron chi connectivity index (χ1n) is 4.07. The van der Waals surface area contributed by atoms with Crippen LogP contribution >= 0.6 is 0 Å². The summed E-state index contributed by atoms with van der Waals surface area (Å²) < 4.78 is 5.64. The Bertz CT molecular complexity index is 103. The Hall–Kier alpha value is -0.0400. The fourth-order valence-electron chi connectivity index (χ4n) is 0.700. The Balaban J connectivity index is 2.09. The summed E-state index contributed by atoms with van der Waals surface area (Å²) in [6.45, 7) is 8.98. The van der Waals surface area contributed by atoms with Gasteiger partial charge in [0.2, 0.25) is 0 Å². The molecule has 1 aliphatic carbocycles. The normalized spacial score (nSPS) is 19.5. The molecule has 0 aromatic heterocycles. The highest BCUT2D eigenvalue weighted by atomic mass is 16.5. The maximum absolute atomic E-state index is 5.64. The summed E-state index contributed by atoms with van der Waals surface area (Å²) >= 11 is 0. The van der Waals surface area contributed by atoms with Crippen LogP contribution in [-0.4, -0.2) is 12.2 Å². The van der Waals surface area contributed by atoms with Crippen LogP contribution in [0.1, 0.15) is 33.1 Å². The van der Waals surface area contributed by atoms with Crippen molar-refractivity contribution < 1.29 is 4.74 Å². The Morgan fingerprint density at radius 3 is 2.50 bits per heavy atom. The SMILES string of the molecule is [CH2]CC(C)(C)OCC1CC1. The first kappa shape index (κ1) is 8.06. The number of hydrogen-bond acceptors (Lipinski definition) is 1. The molecule has 0 amide bonds. The first-order chi connectivity index (χ1) is 4.64. The Labute approximate surface area is 63.8 Å². The lowest BCUT2D eigenvalue weighted by molar-refractivity contribution is -0.0211. The van der Waals surface area contributed by atoms with Crippen LogP contribution in [0, 0.1) is 12.8 Å². The van der Waals surface area contributed by atoms with Crippen LogP contribution < -0.4 is 0 Å². The molecule has 0 saturated heterocycles. The highest BCUT2D eigenvalue weighted by Gasteiger charge is 2.25. The molecule has 0 N–H and O–H groups in total. The van der Waals surface area contributed by atoms with Gasteiger partial charge in [-0.15, -0.1) is 0 Å².